The summed E-state index contributed by atoms with van der Waals surface area (Å²) in [4.78, 5) is 0.0829. The zero-order chi connectivity index (χ0) is 18.0. The first kappa shape index (κ1) is 18.2. The molecule has 0 bridgehead atoms. The van der Waals surface area contributed by atoms with Crippen LogP contribution in [0.2, 0.25) is 5.02 Å². The van der Waals surface area contributed by atoms with Gasteiger partial charge in [0.2, 0.25) is 10.0 Å². The first-order chi connectivity index (χ1) is 11.9. The van der Waals surface area contributed by atoms with E-state index in [9.17, 15) is 8.42 Å². The van der Waals surface area contributed by atoms with Gasteiger partial charge in [-0.3, -0.25) is 0 Å². The average Bonchev–Trinajstić information content (AvgIpc) is 2.55. The minimum absolute atomic E-state index is 0.0829. The van der Waals surface area contributed by atoms with Gasteiger partial charge >= 0.3 is 0 Å². The summed E-state index contributed by atoms with van der Waals surface area (Å²) in [5.74, 6) is 0.286. The molecule has 0 amide bonds. The summed E-state index contributed by atoms with van der Waals surface area (Å²) in [6.07, 6.45) is -0.110. The van der Waals surface area contributed by atoms with Crippen molar-refractivity contribution in [1.29, 1.82) is 0 Å². The molecule has 7 heteroatoms. The molecule has 1 aliphatic heterocycles. The van der Waals surface area contributed by atoms with E-state index in [1.54, 1.807) is 12.1 Å². The van der Waals surface area contributed by atoms with Crippen molar-refractivity contribution in [1.82, 2.24) is 4.31 Å². The summed E-state index contributed by atoms with van der Waals surface area (Å²) < 4.78 is 37.8. The zero-order valence-corrected chi connectivity index (χ0v) is 15.7. The molecule has 0 radical (unpaired) electrons. The number of sulfonamides is 1. The molecule has 0 aromatic heterocycles. The van der Waals surface area contributed by atoms with Crippen LogP contribution in [0, 0.1) is 6.92 Å². The van der Waals surface area contributed by atoms with Crippen LogP contribution in [-0.4, -0.2) is 39.0 Å². The van der Waals surface area contributed by atoms with E-state index in [1.807, 2.05) is 31.2 Å². The summed E-state index contributed by atoms with van der Waals surface area (Å²) in [5, 5.41) is 0.354. The third kappa shape index (κ3) is 3.98. The van der Waals surface area contributed by atoms with Crippen LogP contribution in [-0.2, 0) is 21.4 Å². The molecule has 25 heavy (non-hydrogen) atoms. The standard InChI is InChI=1S/C18H20ClNO4S/c1-13-3-5-14(6-4-13)12-24-16-10-20(11-16)25(21,22)18-9-15(19)7-8-17(18)23-2/h3-9,16H,10-12H2,1-2H3. The molecule has 0 saturated carbocycles. The van der Waals surface area contributed by atoms with Crippen molar-refractivity contribution in [2.24, 2.45) is 0 Å². The van der Waals surface area contributed by atoms with Crippen molar-refractivity contribution in [3.8, 4) is 5.75 Å². The van der Waals surface area contributed by atoms with Gasteiger partial charge in [0.15, 0.2) is 0 Å². The van der Waals surface area contributed by atoms with Crippen LogP contribution >= 0.6 is 11.6 Å². The Bertz CT molecular complexity index is 846. The molecule has 0 N–H and O–H groups in total. The molecule has 1 saturated heterocycles. The molecular weight excluding hydrogens is 362 g/mol. The lowest BCUT2D eigenvalue weighted by Gasteiger charge is -2.37. The maximum atomic E-state index is 12.7. The Kier molecular flexibility index (Phi) is 5.34. The molecule has 5 nitrogen and oxygen atoms in total. The molecular formula is C18H20ClNO4S. The quantitative estimate of drug-likeness (QED) is 0.770. The van der Waals surface area contributed by atoms with E-state index in [0.29, 0.717) is 24.7 Å². The second-order valence-electron chi connectivity index (χ2n) is 6.04. The lowest BCUT2D eigenvalue weighted by molar-refractivity contribution is -0.0296. The second kappa shape index (κ2) is 7.33. The van der Waals surface area contributed by atoms with Gasteiger partial charge in [0.1, 0.15) is 10.6 Å². The number of rotatable bonds is 6. The van der Waals surface area contributed by atoms with Crippen molar-refractivity contribution in [2.75, 3.05) is 20.2 Å². The summed E-state index contributed by atoms with van der Waals surface area (Å²) in [7, 11) is -2.21. The molecule has 2 aromatic rings. The molecule has 1 aliphatic rings. The van der Waals surface area contributed by atoms with Crippen molar-refractivity contribution >= 4 is 21.6 Å². The highest BCUT2D eigenvalue weighted by atomic mass is 35.5. The summed E-state index contributed by atoms with van der Waals surface area (Å²) in [6, 6.07) is 12.7. The predicted molar refractivity (Wildman–Crippen MR) is 96.5 cm³/mol. The van der Waals surface area contributed by atoms with Crippen molar-refractivity contribution in [3.05, 3.63) is 58.6 Å². The zero-order valence-electron chi connectivity index (χ0n) is 14.1. The fourth-order valence-corrected chi connectivity index (χ4v) is 4.51. The first-order valence-corrected chi connectivity index (χ1v) is 9.73. The number of hydrogen-bond donors (Lipinski definition) is 0. The third-order valence-corrected chi connectivity index (χ3v) is 6.25. The van der Waals surface area contributed by atoms with Gasteiger partial charge < -0.3 is 9.47 Å². The summed E-state index contributed by atoms with van der Waals surface area (Å²) >= 11 is 5.94. The van der Waals surface area contributed by atoms with Crippen molar-refractivity contribution in [2.45, 2.75) is 24.5 Å². The maximum Gasteiger partial charge on any atom is 0.246 e. The summed E-state index contributed by atoms with van der Waals surface area (Å²) in [6.45, 7) is 3.15. The Morgan fingerprint density at radius 1 is 1.16 bits per heavy atom. The molecule has 0 aliphatic carbocycles. The van der Waals surface area contributed by atoms with Crippen LogP contribution in [0.15, 0.2) is 47.4 Å². The van der Waals surface area contributed by atoms with Gasteiger partial charge in [0, 0.05) is 18.1 Å². The molecule has 1 fully saturated rings. The molecule has 1 heterocycles. The van der Waals surface area contributed by atoms with E-state index in [1.165, 1.54) is 23.0 Å². The van der Waals surface area contributed by atoms with E-state index in [-0.39, 0.29) is 16.7 Å². The number of hydrogen-bond acceptors (Lipinski definition) is 4. The van der Waals surface area contributed by atoms with Crippen LogP contribution in [0.4, 0.5) is 0 Å². The Morgan fingerprint density at radius 2 is 1.84 bits per heavy atom. The van der Waals surface area contributed by atoms with Gasteiger partial charge in [-0.2, -0.15) is 4.31 Å². The lowest BCUT2D eigenvalue weighted by atomic mass is 10.1. The van der Waals surface area contributed by atoms with E-state index in [2.05, 4.69) is 0 Å². The van der Waals surface area contributed by atoms with Gasteiger partial charge in [-0.05, 0) is 30.7 Å². The minimum Gasteiger partial charge on any atom is -0.495 e. The van der Waals surface area contributed by atoms with Gasteiger partial charge in [-0.1, -0.05) is 41.4 Å². The van der Waals surface area contributed by atoms with E-state index < -0.39 is 10.0 Å². The topological polar surface area (TPSA) is 55.8 Å². The smallest absolute Gasteiger partial charge is 0.246 e. The van der Waals surface area contributed by atoms with E-state index in [4.69, 9.17) is 21.1 Å². The number of methoxy groups -OCH3 is 1. The largest absolute Gasteiger partial charge is 0.495 e. The highest BCUT2D eigenvalue weighted by Crippen LogP contribution is 2.32. The van der Waals surface area contributed by atoms with Crippen LogP contribution in [0.1, 0.15) is 11.1 Å². The number of aryl methyl sites for hydroxylation is 1. The first-order valence-electron chi connectivity index (χ1n) is 7.91. The minimum atomic E-state index is -3.65. The Morgan fingerprint density at radius 3 is 2.48 bits per heavy atom. The number of benzene rings is 2. The van der Waals surface area contributed by atoms with Crippen LogP contribution in [0.5, 0.6) is 5.75 Å². The third-order valence-electron chi connectivity index (χ3n) is 4.16. The molecule has 134 valence electrons. The Balaban J connectivity index is 1.61. The van der Waals surface area contributed by atoms with Gasteiger partial charge in [0.05, 0.1) is 19.8 Å². The second-order valence-corrected chi connectivity index (χ2v) is 8.38. The Hall–Kier alpha value is -1.60. The number of halogens is 1. The Labute approximate surface area is 153 Å². The van der Waals surface area contributed by atoms with Crippen molar-refractivity contribution < 1.29 is 17.9 Å². The molecule has 0 spiro atoms. The van der Waals surface area contributed by atoms with Crippen LogP contribution in [0.3, 0.4) is 0 Å². The van der Waals surface area contributed by atoms with Gasteiger partial charge in [-0.15, -0.1) is 0 Å². The molecule has 3 rings (SSSR count). The normalized spacial score (nSPS) is 15.8. The number of nitrogens with zero attached hydrogens (tertiary/aromatic N) is 1. The molecule has 2 aromatic carbocycles. The maximum absolute atomic E-state index is 12.7. The van der Waals surface area contributed by atoms with Gasteiger partial charge in [0.25, 0.3) is 0 Å². The fraction of sp³-hybridized carbons (Fsp3) is 0.333. The van der Waals surface area contributed by atoms with Crippen molar-refractivity contribution in [3.63, 3.8) is 0 Å². The van der Waals surface area contributed by atoms with E-state index in [0.717, 1.165) is 5.56 Å². The SMILES string of the molecule is COc1ccc(Cl)cc1S(=O)(=O)N1CC(OCc2ccc(C)cc2)C1. The summed E-state index contributed by atoms with van der Waals surface area (Å²) in [5.41, 5.74) is 2.27. The number of ether oxygens (including phenoxy) is 2. The average molecular weight is 382 g/mol. The molecule has 0 unspecified atom stereocenters. The lowest BCUT2D eigenvalue weighted by Crippen LogP contribution is -2.54. The fourth-order valence-electron chi connectivity index (χ4n) is 2.59. The predicted octanol–water partition coefficient (Wildman–Crippen LogP) is 3.25. The van der Waals surface area contributed by atoms with Crippen LogP contribution in [0.25, 0.3) is 0 Å². The van der Waals surface area contributed by atoms with Crippen LogP contribution < -0.4 is 4.74 Å². The van der Waals surface area contributed by atoms with E-state index >= 15 is 0 Å². The molecule has 0 atom stereocenters. The highest BCUT2D eigenvalue weighted by Gasteiger charge is 2.38. The highest BCUT2D eigenvalue weighted by molar-refractivity contribution is 7.89. The van der Waals surface area contributed by atoms with Gasteiger partial charge in [-0.25, -0.2) is 8.42 Å². The monoisotopic (exact) mass is 381 g/mol.